The van der Waals surface area contributed by atoms with E-state index in [1.165, 1.54) is 0 Å². The average Bonchev–Trinajstić information content (AvgIpc) is 2.73. The number of rotatable bonds is 1. The maximum absolute atomic E-state index is 3.17. The second-order valence-electron chi connectivity index (χ2n) is 4.45. The molecule has 0 N–H and O–H groups in total. The van der Waals surface area contributed by atoms with Crippen LogP contribution < -0.4 is 4.57 Å². The summed E-state index contributed by atoms with van der Waals surface area (Å²) in [6.07, 6.45) is 12.2. The van der Waals surface area contributed by atoms with Crippen LogP contribution in [0.1, 0.15) is 20.8 Å². The Bertz CT molecular complexity index is 435. The molecule has 0 aliphatic heterocycles. The molecule has 1 aliphatic carbocycles. The van der Waals surface area contributed by atoms with E-state index < -0.39 is 0 Å². The van der Waals surface area contributed by atoms with Crippen LogP contribution in [-0.4, -0.2) is 4.57 Å². The van der Waals surface area contributed by atoms with Gasteiger partial charge in [0, 0.05) is 0 Å². The van der Waals surface area contributed by atoms with Crippen molar-refractivity contribution in [2.24, 2.45) is 0 Å². The fraction of sp³-hybridized carbons (Fsp3) is 0.333. The molecule has 1 aromatic heterocycles. The Balaban J connectivity index is 2.36. The minimum absolute atomic E-state index is 0.137. The van der Waals surface area contributed by atoms with Gasteiger partial charge in [0.25, 0.3) is 0 Å². The zero-order valence-electron chi connectivity index (χ0n) is 8.86. The van der Waals surface area contributed by atoms with Crippen molar-refractivity contribution in [3.63, 3.8) is 0 Å². The van der Waals surface area contributed by atoms with Crippen molar-refractivity contribution in [3.8, 4) is 0 Å². The van der Waals surface area contributed by atoms with Gasteiger partial charge in [0.15, 0.2) is 5.70 Å². The predicted octanol–water partition coefficient (Wildman–Crippen LogP) is 2.10. The summed E-state index contributed by atoms with van der Waals surface area (Å²) >= 11 is 0. The summed E-state index contributed by atoms with van der Waals surface area (Å²) < 4.78 is 4.26. The first-order valence-electron chi connectivity index (χ1n) is 4.81. The highest BCUT2D eigenvalue weighted by Crippen LogP contribution is 2.10. The standard InChI is InChI=1S/C12H15N2/c1-12(2,3)14-9-8-13(10-14)11-6-4-5-7-11/h4-6,8-10H,1-3H3/q+1. The van der Waals surface area contributed by atoms with Crippen LogP contribution in [0.25, 0.3) is 5.70 Å². The Hall–Kier alpha value is -1.53. The van der Waals surface area contributed by atoms with E-state index in [9.17, 15) is 0 Å². The summed E-state index contributed by atoms with van der Waals surface area (Å²) in [6.45, 7) is 6.56. The zero-order valence-corrected chi connectivity index (χ0v) is 8.86. The molecule has 2 rings (SSSR count). The van der Waals surface area contributed by atoms with E-state index in [1.54, 1.807) is 0 Å². The lowest BCUT2D eigenvalue weighted by atomic mass is 10.1. The summed E-state index contributed by atoms with van der Waals surface area (Å²) in [5.74, 6) is 0. The molecule has 0 saturated heterocycles. The monoisotopic (exact) mass is 187 g/mol. The molecular weight excluding hydrogens is 172 g/mol. The molecule has 14 heavy (non-hydrogen) atoms. The van der Waals surface area contributed by atoms with Gasteiger partial charge in [-0.15, -0.1) is 0 Å². The molecule has 0 fully saturated rings. The van der Waals surface area contributed by atoms with Crippen LogP contribution in [0.3, 0.4) is 0 Å². The number of allylic oxidation sites excluding steroid dienone is 3. The van der Waals surface area contributed by atoms with E-state index in [-0.39, 0.29) is 5.54 Å². The third-order valence-corrected chi connectivity index (χ3v) is 2.27. The number of aromatic nitrogens is 2. The SMILES string of the molecule is CC(C)(C)[n+]1ccn(C2=C=CC=C2)c1. The van der Waals surface area contributed by atoms with Gasteiger partial charge < -0.3 is 0 Å². The lowest BCUT2D eigenvalue weighted by molar-refractivity contribution is -0.753. The number of nitrogens with zero attached hydrogens (tertiary/aromatic N) is 2. The van der Waals surface area contributed by atoms with Crippen LogP contribution in [0.4, 0.5) is 0 Å². The van der Waals surface area contributed by atoms with Crippen LogP contribution in [0, 0.1) is 0 Å². The van der Waals surface area contributed by atoms with Crippen molar-refractivity contribution in [2.75, 3.05) is 0 Å². The van der Waals surface area contributed by atoms with Gasteiger partial charge in [-0.05, 0) is 39.0 Å². The average molecular weight is 187 g/mol. The zero-order chi connectivity index (χ0) is 10.2. The summed E-state index contributed by atoms with van der Waals surface area (Å²) in [6, 6.07) is 0. The molecule has 0 radical (unpaired) electrons. The summed E-state index contributed by atoms with van der Waals surface area (Å²) in [5, 5.41) is 0. The van der Waals surface area contributed by atoms with Crippen LogP contribution in [0.2, 0.25) is 0 Å². The van der Waals surface area contributed by atoms with Gasteiger partial charge >= 0.3 is 0 Å². The fourth-order valence-corrected chi connectivity index (χ4v) is 1.38. The lowest BCUT2D eigenvalue weighted by Gasteiger charge is -2.13. The highest BCUT2D eigenvalue weighted by molar-refractivity contribution is 5.60. The van der Waals surface area contributed by atoms with Crippen molar-refractivity contribution in [1.29, 1.82) is 0 Å². The van der Waals surface area contributed by atoms with Crippen LogP contribution in [0.5, 0.6) is 0 Å². The number of hydrogen-bond donors (Lipinski definition) is 0. The number of imidazole rings is 1. The quantitative estimate of drug-likeness (QED) is 0.470. The van der Waals surface area contributed by atoms with Crippen molar-refractivity contribution >= 4 is 5.70 Å². The summed E-state index contributed by atoms with van der Waals surface area (Å²) in [5.41, 5.74) is 4.40. The van der Waals surface area contributed by atoms with Gasteiger partial charge in [-0.2, -0.15) is 4.57 Å². The molecule has 0 saturated carbocycles. The predicted molar refractivity (Wildman–Crippen MR) is 56.5 cm³/mol. The molecule has 0 amide bonds. The molecule has 72 valence electrons. The van der Waals surface area contributed by atoms with Crippen molar-refractivity contribution < 1.29 is 4.57 Å². The maximum atomic E-state index is 3.17. The van der Waals surface area contributed by atoms with Gasteiger partial charge in [0.2, 0.25) is 6.33 Å². The van der Waals surface area contributed by atoms with Crippen LogP contribution >= 0.6 is 0 Å². The van der Waals surface area contributed by atoms with Crippen molar-refractivity contribution in [1.82, 2.24) is 4.57 Å². The molecule has 0 aromatic carbocycles. The smallest absolute Gasteiger partial charge is 0.232 e. The first kappa shape index (κ1) is 9.04. The third kappa shape index (κ3) is 1.57. The third-order valence-electron chi connectivity index (χ3n) is 2.27. The maximum Gasteiger partial charge on any atom is 0.249 e. The molecule has 0 unspecified atom stereocenters. The molecule has 1 aromatic rings. The highest BCUT2D eigenvalue weighted by Gasteiger charge is 2.19. The van der Waals surface area contributed by atoms with E-state index in [2.05, 4.69) is 54.4 Å². The van der Waals surface area contributed by atoms with Gasteiger partial charge in [-0.25, -0.2) is 4.57 Å². The van der Waals surface area contributed by atoms with Gasteiger partial charge in [-0.3, -0.25) is 0 Å². The molecule has 2 heteroatoms. The fourth-order valence-electron chi connectivity index (χ4n) is 1.38. The Labute approximate surface area is 84.5 Å². The van der Waals surface area contributed by atoms with Crippen LogP contribution in [0.15, 0.2) is 42.7 Å². The molecule has 0 bridgehead atoms. The number of hydrogen-bond acceptors (Lipinski definition) is 0. The summed E-state index contributed by atoms with van der Waals surface area (Å²) in [7, 11) is 0. The minimum atomic E-state index is 0.137. The second kappa shape index (κ2) is 3.00. The highest BCUT2D eigenvalue weighted by atomic mass is 15.1. The largest absolute Gasteiger partial charge is 0.249 e. The van der Waals surface area contributed by atoms with E-state index in [0.717, 1.165) is 5.70 Å². The van der Waals surface area contributed by atoms with Crippen molar-refractivity contribution in [2.45, 2.75) is 26.3 Å². The van der Waals surface area contributed by atoms with E-state index in [1.807, 2.05) is 18.2 Å². The Kier molecular flexibility index (Phi) is 1.94. The van der Waals surface area contributed by atoms with E-state index in [0.29, 0.717) is 0 Å². The van der Waals surface area contributed by atoms with Crippen molar-refractivity contribution in [3.05, 3.63) is 42.7 Å². The summed E-state index contributed by atoms with van der Waals surface area (Å²) in [4.78, 5) is 0. The Morgan fingerprint density at radius 1 is 1.36 bits per heavy atom. The molecule has 2 nitrogen and oxygen atoms in total. The van der Waals surface area contributed by atoms with Gasteiger partial charge in [0.05, 0.1) is 0 Å². The first-order chi connectivity index (χ1) is 6.57. The molecule has 1 aliphatic rings. The molecule has 1 heterocycles. The Morgan fingerprint density at radius 2 is 2.14 bits per heavy atom. The molecule has 0 spiro atoms. The topological polar surface area (TPSA) is 8.81 Å². The van der Waals surface area contributed by atoms with Gasteiger partial charge in [0.1, 0.15) is 17.9 Å². The van der Waals surface area contributed by atoms with E-state index >= 15 is 0 Å². The molecule has 0 atom stereocenters. The lowest BCUT2D eigenvalue weighted by Crippen LogP contribution is -2.48. The van der Waals surface area contributed by atoms with Gasteiger partial charge in [-0.1, -0.05) is 5.73 Å². The minimum Gasteiger partial charge on any atom is -0.232 e. The van der Waals surface area contributed by atoms with Crippen LogP contribution in [-0.2, 0) is 5.54 Å². The first-order valence-corrected chi connectivity index (χ1v) is 4.81. The second-order valence-corrected chi connectivity index (χ2v) is 4.45. The Morgan fingerprint density at radius 3 is 2.64 bits per heavy atom. The van der Waals surface area contributed by atoms with E-state index in [4.69, 9.17) is 0 Å². The molecular formula is C12H15N2+. The normalized spacial score (nSPS) is 14.9.